The third kappa shape index (κ3) is 4.21. The monoisotopic (exact) mass is 338 g/mol. The fourth-order valence-electron chi connectivity index (χ4n) is 3.32. The van der Waals surface area contributed by atoms with Gasteiger partial charge in [-0.2, -0.15) is 0 Å². The Bertz CT molecular complexity index is 765. The van der Waals surface area contributed by atoms with Crippen molar-refractivity contribution in [3.63, 3.8) is 0 Å². The summed E-state index contributed by atoms with van der Waals surface area (Å²) in [5.41, 5.74) is 3.06. The van der Waals surface area contributed by atoms with Crippen molar-refractivity contribution in [2.24, 2.45) is 5.41 Å². The van der Waals surface area contributed by atoms with E-state index in [0.717, 1.165) is 36.5 Å². The molecular weight excluding hydrogens is 312 g/mol. The molecule has 25 heavy (non-hydrogen) atoms. The highest BCUT2D eigenvalue weighted by molar-refractivity contribution is 5.84. The van der Waals surface area contributed by atoms with Crippen LogP contribution < -0.4 is 4.90 Å². The van der Waals surface area contributed by atoms with Crippen LogP contribution in [0.1, 0.15) is 44.9 Å². The van der Waals surface area contributed by atoms with Gasteiger partial charge in [-0.15, -0.1) is 0 Å². The summed E-state index contributed by atoms with van der Waals surface area (Å²) < 4.78 is 0. The molecule has 0 atom stereocenters. The first-order chi connectivity index (χ1) is 11.8. The molecule has 0 amide bonds. The maximum atomic E-state index is 12.4. The fraction of sp³-hybridized carbons (Fsp3) is 0.500. The molecule has 2 aromatic heterocycles. The number of anilines is 1. The van der Waals surface area contributed by atoms with E-state index in [1.807, 2.05) is 30.1 Å². The summed E-state index contributed by atoms with van der Waals surface area (Å²) in [6.07, 6.45) is 5.35. The second-order valence-corrected chi connectivity index (χ2v) is 8.00. The maximum Gasteiger partial charge on any atom is 0.180 e. The van der Waals surface area contributed by atoms with Gasteiger partial charge in [0.05, 0.1) is 6.54 Å². The zero-order valence-corrected chi connectivity index (χ0v) is 15.5. The number of Topliss-reactive ketones (excluding diaryl/α,β-unsaturated/α-hetero) is 1. The molecule has 1 aliphatic carbocycles. The quantitative estimate of drug-likeness (QED) is 0.835. The predicted octanol–water partition coefficient (Wildman–Crippen LogP) is 3.47. The summed E-state index contributed by atoms with van der Waals surface area (Å²) in [5, 5.41) is 0. The van der Waals surface area contributed by atoms with E-state index in [9.17, 15) is 4.79 Å². The van der Waals surface area contributed by atoms with Crippen molar-refractivity contribution in [2.75, 3.05) is 18.5 Å². The Labute approximate surface area is 149 Å². The minimum atomic E-state index is 0.00462. The lowest BCUT2D eigenvalue weighted by atomic mass is 9.90. The standard InChI is InChI=1S/C20H26N4O/c1-20(2,3)12-14(25)13-24(4)19-15-8-7-10-16(15)22-18(23-19)17-9-5-6-11-21-17/h5-6,9,11H,7-8,10,12-13H2,1-4H3. The van der Waals surface area contributed by atoms with Crippen molar-refractivity contribution >= 4 is 11.6 Å². The van der Waals surface area contributed by atoms with Gasteiger partial charge in [-0.3, -0.25) is 9.78 Å². The van der Waals surface area contributed by atoms with Gasteiger partial charge in [0.25, 0.3) is 0 Å². The number of fused-ring (bicyclic) bond motifs is 1. The van der Waals surface area contributed by atoms with E-state index in [0.29, 0.717) is 18.8 Å². The molecule has 0 aliphatic heterocycles. The van der Waals surface area contributed by atoms with E-state index >= 15 is 0 Å². The molecule has 0 N–H and O–H groups in total. The topological polar surface area (TPSA) is 59.0 Å². The van der Waals surface area contributed by atoms with Crippen molar-refractivity contribution in [2.45, 2.75) is 46.5 Å². The van der Waals surface area contributed by atoms with E-state index < -0.39 is 0 Å². The van der Waals surface area contributed by atoms with Crippen molar-refractivity contribution in [1.82, 2.24) is 15.0 Å². The summed E-state index contributed by atoms with van der Waals surface area (Å²) in [7, 11) is 1.95. The Hall–Kier alpha value is -2.30. The minimum absolute atomic E-state index is 0.00462. The van der Waals surface area contributed by atoms with Gasteiger partial charge in [-0.1, -0.05) is 26.8 Å². The van der Waals surface area contributed by atoms with Gasteiger partial charge in [0.15, 0.2) is 11.6 Å². The highest BCUT2D eigenvalue weighted by Gasteiger charge is 2.24. The average molecular weight is 338 g/mol. The number of nitrogens with zero attached hydrogens (tertiary/aromatic N) is 4. The summed E-state index contributed by atoms with van der Waals surface area (Å²) in [4.78, 5) is 28.2. The Kier molecular flexibility index (Phi) is 4.84. The van der Waals surface area contributed by atoms with Crippen LogP contribution >= 0.6 is 0 Å². The number of rotatable bonds is 5. The molecule has 0 unspecified atom stereocenters. The molecule has 0 spiro atoms. The van der Waals surface area contributed by atoms with Crippen LogP contribution in [0.4, 0.5) is 5.82 Å². The molecule has 0 saturated carbocycles. The zero-order chi connectivity index (χ0) is 18.0. The van der Waals surface area contributed by atoms with E-state index in [2.05, 4.69) is 25.8 Å². The van der Waals surface area contributed by atoms with Gasteiger partial charge in [0.1, 0.15) is 11.5 Å². The van der Waals surface area contributed by atoms with Gasteiger partial charge in [0, 0.05) is 30.9 Å². The van der Waals surface area contributed by atoms with Crippen LogP contribution in [-0.4, -0.2) is 34.3 Å². The molecule has 0 bridgehead atoms. The van der Waals surface area contributed by atoms with Gasteiger partial charge >= 0.3 is 0 Å². The van der Waals surface area contributed by atoms with Gasteiger partial charge in [-0.25, -0.2) is 9.97 Å². The number of carbonyl (C=O) groups is 1. The molecule has 0 saturated heterocycles. The molecular formula is C20H26N4O. The lowest BCUT2D eigenvalue weighted by molar-refractivity contribution is -0.119. The van der Waals surface area contributed by atoms with Gasteiger partial charge in [0.2, 0.25) is 0 Å². The van der Waals surface area contributed by atoms with Gasteiger partial charge in [-0.05, 0) is 36.8 Å². The summed E-state index contributed by atoms with van der Waals surface area (Å²) in [6.45, 7) is 6.65. The van der Waals surface area contributed by atoms with Crippen LogP contribution in [-0.2, 0) is 17.6 Å². The van der Waals surface area contributed by atoms with E-state index in [1.165, 1.54) is 5.56 Å². The molecule has 2 aromatic rings. The van der Waals surface area contributed by atoms with Crippen molar-refractivity contribution in [1.29, 1.82) is 0 Å². The lowest BCUT2D eigenvalue weighted by Gasteiger charge is -2.23. The number of pyridine rings is 1. The highest BCUT2D eigenvalue weighted by Crippen LogP contribution is 2.30. The number of hydrogen-bond donors (Lipinski definition) is 0. The summed E-state index contributed by atoms with van der Waals surface area (Å²) >= 11 is 0. The van der Waals surface area contributed by atoms with Crippen LogP contribution in [0.15, 0.2) is 24.4 Å². The molecule has 5 nitrogen and oxygen atoms in total. The smallest absolute Gasteiger partial charge is 0.180 e. The SMILES string of the molecule is CN(CC(=O)CC(C)(C)C)c1nc(-c2ccccn2)nc2c1CCC2. The molecule has 0 radical (unpaired) electrons. The number of likely N-dealkylation sites (N-methyl/N-ethyl adjacent to an activating group) is 1. The van der Waals surface area contributed by atoms with Gasteiger partial charge < -0.3 is 4.90 Å². The van der Waals surface area contributed by atoms with Crippen molar-refractivity contribution in [3.8, 4) is 11.5 Å². The molecule has 2 heterocycles. The minimum Gasteiger partial charge on any atom is -0.352 e. The number of ketones is 1. The molecule has 1 aliphatic rings. The van der Waals surface area contributed by atoms with Crippen LogP contribution in [0.5, 0.6) is 0 Å². The van der Waals surface area contributed by atoms with E-state index in [-0.39, 0.29) is 11.2 Å². The second kappa shape index (κ2) is 6.90. The first-order valence-corrected chi connectivity index (χ1v) is 8.87. The Morgan fingerprint density at radius 1 is 1.20 bits per heavy atom. The second-order valence-electron chi connectivity index (χ2n) is 8.00. The number of aromatic nitrogens is 3. The first-order valence-electron chi connectivity index (χ1n) is 8.87. The van der Waals surface area contributed by atoms with Crippen molar-refractivity contribution < 1.29 is 4.79 Å². The Morgan fingerprint density at radius 2 is 2.00 bits per heavy atom. The largest absolute Gasteiger partial charge is 0.352 e. The highest BCUT2D eigenvalue weighted by atomic mass is 16.1. The Balaban J connectivity index is 1.90. The predicted molar refractivity (Wildman–Crippen MR) is 99.6 cm³/mol. The zero-order valence-electron chi connectivity index (χ0n) is 15.5. The summed E-state index contributed by atoms with van der Waals surface area (Å²) in [5.74, 6) is 1.76. The summed E-state index contributed by atoms with van der Waals surface area (Å²) in [6, 6.07) is 5.75. The first kappa shape index (κ1) is 17.5. The molecule has 132 valence electrons. The van der Waals surface area contributed by atoms with Crippen LogP contribution in [0.3, 0.4) is 0 Å². The Morgan fingerprint density at radius 3 is 2.68 bits per heavy atom. The maximum absolute atomic E-state index is 12.4. The molecule has 0 aromatic carbocycles. The van der Waals surface area contributed by atoms with E-state index in [1.54, 1.807) is 6.20 Å². The number of hydrogen-bond acceptors (Lipinski definition) is 5. The molecule has 5 heteroatoms. The van der Waals surface area contributed by atoms with E-state index in [4.69, 9.17) is 9.97 Å². The number of aryl methyl sites for hydroxylation is 1. The van der Waals surface area contributed by atoms with Crippen LogP contribution in [0.2, 0.25) is 0 Å². The average Bonchev–Trinajstić information content (AvgIpc) is 3.01. The van der Waals surface area contributed by atoms with Crippen molar-refractivity contribution in [3.05, 3.63) is 35.7 Å². The third-order valence-corrected chi connectivity index (χ3v) is 4.31. The number of carbonyl (C=O) groups excluding carboxylic acids is 1. The third-order valence-electron chi connectivity index (χ3n) is 4.31. The van der Waals surface area contributed by atoms with Crippen LogP contribution in [0.25, 0.3) is 11.5 Å². The molecule has 3 rings (SSSR count). The van der Waals surface area contributed by atoms with Crippen LogP contribution in [0, 0.1) is 5.41 Å². The molecule has 0 fully saturated rings. The lowest BCUT2D eigenvalue weighted by Crippen LogP contribution is -2.30. The fourth-order valence-corrected chi connectivity index (χ4v) is 3.32. The normalized spacial score (nSPS) is 13.6.